The van der Waals surface area contributed by atoms with E-state index in [0.717, 1.165) is 16.1 Å². The third-order valence-electron chi connectivity index (χ3n) is 5.14. The first-order valence-electron chi connectivity index (χ1n) is 9.53. The van der Waals surface area contributed by atoms with Crippen LogP contribution in [0.2, 0.25) is 0 Å². The Morgan fingerprint density at radius 2 is 1.62 bits per heavy atom. The van der Waals surface area contributed by atoms with Crippen LogP contribution in [-0.4, -0.2) is 57.7 Å². The molecule has 0 aliphatic carbocycles. The Labute approximate surface area is 171 Å². The van der Waals surface area contributed by atoms with E-state index in [4.69, 9.17) is 0 Å². The van der Waals surface area contributed by atoms with Crippen LogP contribution >= 0.6 is 0 Å². The molecule has 8 heteroatoms. The highest BCUT2D eigenvalue weighted by atomic mass is 32.2. The summed E-state index contributed by atoms with van der Waals surface area (Å²) < 4.78 is 40.0. The van der Waals surface area contributed by atoms with Crippen molar-refractivity contribution in [1.29, 1.82) is 0 Å². The summed E-state index contributed by atoms with van der Waals surface area (Å²) in [5.74, 6) is -0.549. The summed E-state index contributed by atoms with van der Waals surface area (Å²) >= 11 is 0. The van der Waals surface area contributed by atoms with Crippen LogP contribution < -0.4 is 9.21 Å². The maximum Gasteiger partial charge on any atom is 0.246 e. The van der Waals surface area contributed by atoms with Gasteiger partial charge in [-0.25, -0.2) is 12.8 Å². The molecule has 1 atom stereocenters. The molecular formula is C21H26FN3O3S. The molecule has 156 valence electrons. The minimum atomic E-state index is -3.65. The number of amides is 1. The zero-order valence-electron chi connectivity index (χ0n) is 16.9. The summed E-state index contributed by atoms with van der Waals surface area (Å²) in [6.45, 7) is 5.31. The Morgan fingerprint density at radius 1 is 1.03 bits per heavy atom. The van der Waals surface area contributed by atoms with Crippen LogP contribution in [0.15, 0.2) is 48.5 Å². The average molecular weight is 420 g/mol. The van der Waals surface area contributed by atoms with E-state index < -0.39 is 16.1 Å². The van der Waals surface area contributed by atoms with Gasteiger partial charge in [0.25, 0.3) is 0 Å². The molecule has 3 rings (SSSR count). The number of benzene rings is 2. The van der Waals surface area contributed by atoms with Gasteiger partial charge >= 0.3 is 0 Å². The molecule has 1 amide bonds. The van der Waals surface area contributed by atoms with Gasteiger partial charge in [0.2, 0.25) is 15.9 Å². The number of piperazine rings is 1. The van der Waals surface area contributed by atoms with Crippen molar-refractivity contribution in [2.24, 2.45) is 0 Å². The van der Waals surface area contributed by atoms with E-state index >= 15 is 0 Å². The van der Waals surface area contributed by atoms with Crippen molar-refractivity contribution in [2.45, 2.75) is 19.9 Å². The first-order valence-corrected chi connectivity index (χ1v) is 11.4. The molecule has 0 radical (unpaired) electrons. The van der Waals surface area contributed by atoms with Crippen LogP contribution in [0, 0.1) is 12.7 Å². The average Bonchev–Trinajstić information content (AvgIpc) is 2.68. The molecule has 29 heavy (non-hydrogen) atoms. The quantitative estimate of drug-likeness (QED) is 0.748. The van der Waals surface area contributed by atoms with Crippen LogP contribution in [0.4, 0.5) is 15.8 Å². The standard InChI is InChI=1S/C21H26FN3O3S/c1-16-8-10-18(11-9-16)25(29(3,27)28)17(2)21(26)24-14-12-23(13-15-24)20-7-5-4-6-19(20)22/h4-11,17H,12-15H2,1-3H3/t17-/m0/s1. The molecule has 1 aliphatic rings. The van der Waals surface area contributed by atoms with E-state index in [1.807, 2.05) is 24.0 Å². The molecular weight excluding hydrogens is 393 g/mol. The molecule has 0 unspecified atom stereocenters. The van der Waals surface area contributed by atoms with E-state index in [-0.39, 0.29) is 11.7 Å². The van der Waals surface area contributed by atoms with Crippen molar-refractivity contribution >= 4 is 27.3 Å². The Kier molecular flexibility index (Phi) is 6.12. The minimum absolute atomic E-state index is 0.260. The Hall–Kier alpha value is -2.61. The second-order valence-electron chi connectivity index (χ2n) is 7.33. The summed E-state index contributed by atoms with van der Waals surface area (Å²) in [7, 11) is -3.65. The molecule has 1 heterocycles. The predicted octanol–water partition coefficient (Wildman–Crippen LogP) is 2.64. The maximum atomic E-state index is 14.0. The number of sulfonamides is 1. The van der Waals surface area contributed by atoms with Gasteiger partial charge in [0.15, 0.2) is 0 Å². The fraction of sp³-hybridized carbons (Fsp3) is 0.381. The highest BCUT2D eigenvalue weighted by Crippen LogP contribution is 2.24. The third-order valence-corrected chi connectivity index (χ3v) is 6.38. The van der Waals surface area contributed by atoms with Crippen molar-refractivity contribution in [3.8, 4) is 0 Å². The highest BCUT2D eigenvalue weighted by molar-refractivity contribution is 7.92. The van der Waals surface area contributed by atoms with E-state index in [2.05, 4.69) is 0 Å². The smallest absolute Gasteiger partial charge is 0.246 e. The van der Waals surface area contributed by atoms with Crippen LogP contribution in [0.25, 0.3) is 0 Å². The minimum Gasteiger partial charge on any atom is -0.366 e. The topological polar surface area (TPSA) is 60.9 Å². The van der Waals surface area contributed by atoms with E-state index in [9.17, 15) is 17.6 Å². The van der Waals surface area contributed by atoms with Gasteiger partial charge in [0.05, 0.1) is 17.6 Å². The fourth-order valence-corrected chi connectivity index (χ4v) is 4.80. The van der Waals surface area contributed by atoms with Crippen molar-refractivity contribution < 1.29 is 17.6 Å². The summed E-state index contributed by atoms with van der Waals surface area (Å²) in [5.41, 5.74) is 1.99. The Bertz CT molecular complexity index is 971. The number of para-hydroxylation sites is 1. The van der Waals surface area contributed by atoms with Gasteiger partial charge in [-0.15, -0.1) is 0 Å². The zero-order valence-corrected chi connectivity index (χ0v) is 17.7. The summed E-state index contributed by atoms with van der Waals surface area (Å²) in [4.78, 5) is 16.6. The lowest BCUT2D eigenvalue weighted by Gasteiger charge is -2.39. The number of carbonyl (C=O) groups is 1. The van der Waals surface area contributed by atoms with Crippen LogP contribution in [0.5, 0.6) is 0 Å². The highest BCUT2D eigenvalue weighted by Gasteiger charge is 2.33. The van der Waals surface area contributed by atoms with Crippen LogP contribution in [0.1, 0.15) is 12.5 Å². The fourth-order valence-electron chi connectivity index (χ4n) is 3.63. The number of carbonyl (C=O) groups excluding carboxylic acids is 1. The summed E-state index contributed by atoms with van der Waals surface area (Å²) in [6, 6.07) is 12.7. The van der Waals surface area contributed by atoms with Gasteiger partial charge in [-0.2, -0.15) is 0 Å². The van der Waals surface area contributed by atoms with Gasteiger partial charge in [-0.05, 0) is 38.1 Å². The molecule has 0 bridgehead atoms. The second kappa shape index (κ2) is 8.41. The normalized spacial score (nSPS) is 15.9. The van der Waals surface area contributed by atoms with Crippen molar-refractivity contribution in [3.63, 3.8) is 0 Å². The molecule has 2 aromatic carbocycles. The van der Waals surface area contributed by atoms with Crippen LogP contribution in [-0.2, 0) is 14.8 Å². The summed E-state index contributed by atoms with van der Waals surface area (Å²) in [5, 5.41) is 0. The Morgan fingerprint density at radius 3 is 2.17 bits per heavy atom. The molecule has 1 fully saturated rings. The monoisotopic (exact) mass is 419 g/mol. The van der Waals surface area contributed by atoms with Gasteiger partial charge in [0, 0.05) is 26.2 Å². The predicted molar refractivity (Wildman–Crippen MR) is 113 cm³/mol. The lowest BCUT2D eigenvalue weighted by atomic mass is 10.2. The zero-order chi connectivity index (χ0) is 21.2. The number of hydrogen-bond donors (Lipinski definition) is 0. The van der Waals surface area contributed by atoms with Crippen molar-refractivity contribution in [2.75, 3.05) is 41.6 Å². The van der Waals surface area contributed by atoms with E-state index in [0.29, 0.717) is 37.6 Å². The molecule has 0 N–H and O–H groups in total. The largest absolute Gasteiger partial charge is 0.366 e. The first kappa shape index (κ1) is 21.1. The maximum absolute atomic E-state index is 14.0. The molecule has 1 saturated heterocycles. The summed E-state index contributed by atoms with van der Waals surface area (Å²) in [6.07, 6.45) is 1.10. The van der Waals surface area contributed by atoms with E-state index in [1.165, 1.54) is 6.07 Å². The van der Waals surface area contributed by atoms with Gasteiger partial charge in [0.1, 0.15) is 11.9 Å². The van der Waals surface area contributed by atoms with Crippen molar-refractivity contribution in [1.82, 2.24) is 4.90 Å². The number of anilines is 2. The number of rotatable bonds is 5. The molecule has 6 nitrogen and oxygen atoms in total. The first-order chi connectivity index (χ1) is 13.7. The van der Waals surface area contributed by atoms with Gasteiger partial charge < -0.3 is 9.80 Å². The number of hydrogen-bond acceptors (Lipinski definition) is 4. The van der Waals surface area contributed by atoms with Crippen LogP contribution in [0.3, 0.4) is 0 Å². The Balaban J connectivity index is 1.73. The van der Waals surface area contributed by atoms with Crippen molar-refractivity contribution in [3.05, 3.63) is 59.9 Å². The molecule has 0 aromatic heterocycles. The number of nitrogens with zero attached hydrogens (tertiary/aromatic N) is 3. The molecule has 1 aliphatic heterocycles. The second-order valence-corrected chi connectivity index (χ2v) is 9.19. The lowest BCUT2D eigenvalue weighted by Crippen LogP contribution is -2.55. The molecule has 2 aromatic rings. The third kappa shape index (κ3) is 4.70. The number of halogens is 1. The van der Waals surface area contributed by atoms with E-state index in [1.54, 1.807) is 42.2 Å². The van der Waals surface area contributed by atoms with Gasteiger partial charge in [-0.3, -0.25) is 9.10 Å². The number of aryl methyl sites for hydroxylation is 1. The molecule has 0 spiro atoms. The molecule has 0 saturated carbocycles. The van der Waals surface area contributed by atoms with Gasteiger partial charge in [-0.1, -0.05) is 29.8 Å². The SMILES string of the molecule is Cc1ccc(N([C@@H](C)C(=O)N2CCN(c3ccccc3F)CC2)S(C)(=O)=O)cc1. The lowest BCUT2D eigenvalue weighted by molar-refractivity contribution is -0.132.